The SMILES string of the molecule is C[I-]/C=C(\N)[NH+](C)[O-]. The van der Waals surface area contributed by atoms with E-state index in [0.29, 0.717) is 5.82 Å². The molecule has 3 N–H and O–H groups in total. The minimum absolute atomic E-state index is 0.0217. The average molecular weight is 229 g/mol. The van der Waals surface area contributed by atoms with Gasteiger partial charge in [-0.15, -0.1) is 0 Å². The molecule has 0 spiro atoms. The van der Waals surface area contributed by atoms with E-state index in [1.165, 1.54) is 7.05 Å². The maximum atomic E-state index is 10.4. The van der Waals surface area contributed by atoms with Gasteiger partial charge in [0, 0.05) is 0 Å². The minimum atomic E-state index is -0.0217. The number of nitrogens with two attached hydrogens (primary N) is 1. The second kappa shape index (κ2) is 4.11. The van der Waals surface area contributed by atoms with Gasteiger partial charge in [0.1, 0.15) is 0 Å². The monoisotopic (exact) mass is 229 g/mol. The van der Waals surface area contributed by atoms with E-state index >= 15 is 0 Å². The second-order valence-electron chi connectivity index (χ2n) is 1.34. The average Bonchev–Trinajstić information content (AvgIpc) is 1.67. The topological polar surface area (TPSA) is 53.5 Å². The summed E-state index contributed by atoms with van der Waals surface area (Å²) in [6.45, 7) is 0. The molecular formula is C4H10IN2O-. The Morgan fingerprint density at radius 2 is 2.38 bits per heavy atom. The van der Waals surface area contributed by atoms with Gasteiger partial charge in [-0.1, -0.05) is 0 Å². The van der Waals surface area contributed by atoms with Gasteiger partial charge in [0.25, 0.3) is 0 Å². The van der Waals surface area contributed by atoms with Gasteiger partial charge in [0.2, 0.25) is 0 Å². The number of hydrogen-bond donors (Lipinski definition) is 2. The van der Waals surface area contributed by atoms with Gasteiger partial charge < -0.3 is 0 Å². The summed E-state index contributed by atoms with van der Waals surface area (Å²) in [5, 5.41) is 10.3. The first-order chi connectivity index (χ1) is 3.68. The summed E-state index contributed by atoms with van der Waals surface area (Å²) in [6.07, 6.45) is 0. The van der Waals surface area contributed by atoms with Crippen LogP contribution in [0.3, 0.4) is 0 Å². The summed E-state index contributed by atoms with van der Waals surface area (Å²) in [4.78, 5) is 2.05. The molecule has 4 heteroatoms. The molecule has 0 aromatic rings. The molecule has 0 aromatic heterocycles. The zero-order chi connectivity index (χ0) is 6.57. The molecule has 3 nitrogen and oxygen atoms in total. The summed E-state index contributed by atoms with van der Waals surface area (Å²) in [6, 6.07) is 0. The molecule has 0 aromatic carbocycles. The molecule has 0 fully saturated rings. The van der Waals surface area contributed by atoms with Crippen molar-refractivity contribution >= 4 is 0 Å². The van der Waals surface area contributed by atoms with Crippen LogP contribution in [0.1, 0.15) is 0 Å². The van der Waals surface area contributed by atoms with Crippen LogP contribution in [0.5, 0.6) is 0 Å². The Kier molecular flexibility index (Phi) is 4.20. The fraction of sp³-hybridized carbons (Fsp3) is 0.500. The zero-order valence-corrected chi connectivity index (χ0v) is 7.10. The number of hydrogen-bond acceptors (Lipinski definition) is 2. The van der Waals surface area contributed by atoms with Crippen molar-refractivity contribution in [2.45, 2.75) is 0 Å². The van der Waals surface area contributed by atoms with Crippen molar-refractivity contribution in [1.82, 2.24) is 0 Å². The number of halogens is 1. The first-order valence-electron chi connectivity index (χ1n) is 2.13. The Labute approximate surface area is 59.4 Å². The summed E-state index contributed by atoms with van der Waals surface area (Å²) in [5.41, 5.74) is 5.27. The molecule has 0 aliphatic carbocycles. The number of nitrogens with one attached hydrogen (secondary N) is 1. The molecule has 0 saturated carbocycles. The first-order valence-corrected chi connectivity index (χ1v) is 5.53. The van der Waals surface area contributed by atoms with Crippen molar-refractivity contribution in [1.29, 1.82) is 0 Å². The van der Waals surface area contributed by atoms with Gasteiger partial charge in [-0.2, -0.15) is 0 Å². The third kappa shape index (κ3) is 3.23. The van der Waals surface area contributed by atoms with Crippen LogP contribution in [0.15, 0.2) is 9.90 Å². The summed E-state index contributed by atoms with van der Waals surface area (Å²) < 4.78 is 1.82. The van der Waals surface area contributed by atoms with E-state index in [0.717, 1.165) is 0 Å². The van der Waals surface area contributed by atoms with Crippen molar-refractivity contribution in [3.05, 3.63) is 15.1 Å². The van der Waals surface area contributed by atoms with Crippen LogP contribution in [-0.4, -0.2) is 12.0 Å². The van der Waals surface area contributed by atoms with Crippen LogP contribution in [0.25, 0.3) is 0 Å². The third-order valence-electron chi connectivity index (χ3n) is 0.633. The Morgan fingerprint density at radius 1 is 1.88 bits per heavy atom. The van der Waals surface area contributed by atoms with Gasteiger partial charge in [0.15, 0.2) is 0 Å². The molecule has 0 aliphatic rings. The van der Waals surface area contributed by atoms with E-state index in [2.05, 4.69) is 4.93 Å². The van der Waals surface area contributed by atoms with Crippen LogP contribution < -0.4 is 32.0 Å². The van der Waals surface area contributed by atoms with Crippen molar-refractivity contribution in [3.8, 4) is 0 Å². The van der Waals surface area contributed by atoms with Crippen molar-refractivity contribution in [2.75, 3.05) is 12.0 Å². The fourth-order valence-corrected chi connectivity index (χ4v) is 1.30. The second-order valence-corrected chi connectivity index (χ2v) is 3.21. The summed E-state index contributed by atoms with van der Waals surface area (Å²) >= 11 is 0.0257. The molecule has 0 heterocycles. The van der Waals surface area contributed by atoms with Crippen molar-refractivity contribution < 1.29 is 26.3 Å². The molecule has 0 bridgehead atoms. The standard InChI is InChI=1S/C4H10IN2O/c1-5-3-4(6)7(2)8/h3,7H,6H2,1-2H3/q-1/b4-3+. The molecular weight excluding hydrogens is 219 g/mol. The van der Waals surface area contributed by atoms with Crippen molar-refractivity contribution in [3.63, 3.8) is 0 Å². The third-order valence-corrected chi connectivity index (χ3v) is 1.93. The number of hydroxylamine groups is 2. The van der Waals surface area contributed by atoms with Gasteiger partial charge in [-0.3, -0.25) is 0 Å². The molecule has 0 amide bonds. The van der Waals surface area contributed by atoms with Gasteiger partial charge in [-0.25, -0.2) is 0 Å². The van der Waals surface area contributed by atoms with E-state index in [4.69, 9.17) is 5.73 Å². The normalized spacial score (nSPS) is 16.6. The van der Waals surface area contributed by atoms with Gasteiger partial charge >= 0.3 is 59.1 Å². The van der Waals surface area contributed by atoms with Gasteiger partial charge in [-0.05, 0) is 0 Å². The molecule has 0 aliphatic heterocycles. The van der Waals surface area contributed by atoms with Crippen LogP contribution in [0.4, 0.5) is 0 Å². The Hall–Kier alpha value is 0.190. The van der Waals surface area contributed by atoms with Crippen LogP contribution >= 0.6 is 0 Å². The Bertz CT molecular complexity index is 92.0. The molecule has 0 saturated heterocycles. The van der Waals surface area contributed by atoms with Crippen molar-refractivity contribution in [2.24, 2.45) is 5.73 Å². The molecule has 0 radical (unpaired) electrons. The van der Waals surface area contributed by atoms with Crippen LogP contribution in [0.2, 0.25) is 0 Å². The quantitative estimate of drug-likeness (QED) is 0.285. The van der Waals surface area contributed by atoms with E-state index < -0.39 is 0 Å². The Balaban J connectivity index is 3.61. The van der Waals surface area contributed by atoms with Gasteiger partial charge in [0.05, 0.1) is 0 Å². The fourth-order valence-electron chi connectivity index (χ4n) is 0.194. The molecule has 50 valence electrons. The van der Waals surface area contributed by atoms with E-state index in [1.807, 2.05) is 4.08 Å². The summed E-state index contributed by atoms with van der Waals surface area (Å²) in [5.74, 6) is 0.417. The molecule has 1 unspecified atom stereocenters. The number of quaternary nitrogens is 1. The molecule has 8 heavy (non-hydrogen) atoms. The van der Waals surface area contributed by atoms with E-state index in [9.17, 15) is 5.21 Å². The summed E-state index contributed by atoms with van der Waals surface area (Å²) in [7, 11) is 1.48. The van der Waals surface area contributed by atoms with Crippen LogP contribution in [-0.2, 0) is 0 Å². The Morgan fingerprint density at radius 3 is 2.50 bits per heavy atom. The molecule has 0 rings (SSSR count). The number of alkyl halides is 1. The first kappa shape index (κ1) is 8.19. The number of rotatable bonds is 2. The predicted octanol–water partition coefficient (Wildman–Crippen LogP) is -4.52. The predicted molar refractivity (Wildman–Crippen MR) is 28.4 cm³/mol. The zero-order valence-electron chi connectivity index (χ0n) is 4.94. The van der Waals surface area contributed by atoms with E-state index in [1.54, 1.807) is 0 Å². The van der Waals surface area contributed by atoms with E-state index in [-0.39, 0.29) is 26.3 Å². The maximum absolute atomic E-state index is 10.4. The molecule has 1 atom stereocenters. The van der Waals surface area contributed by atoms with Crippen LogP contribution in [0, 0.1) is 5.21 Å².